The van der Waals surface area contributed by atoms with Gasteiger partial charge < -0.3 is 15.4 Å². The number of pyridine rings is 1. The van der Waals surface area contributed by atoms with Crippen molar-refractivity contribution in [3.63, 3.8) is 0 Å². The van der Waals surface area contributed by atoms with Gasteiger partial charge in [0.15, 0.2) is 5.82 Å². The van der Waals surface area contributed by atoms with Gasteiger partial charge in [0.2, 0.25) is 5.89 Å². The monoisotopic (exact) mass is 234 g/mol. The normalized spacial score (nSPS) is 14.5. The van der Waals surface area contributed by atoms with Gasteiger partial charge in [0.25, 0.3) is 0 Å². The van der Waals surface area contributed by atoms with Gasteiger partial charge in [0, 0.05) is 11.9 Å². The topological polar surface area (TPSA) is 98.1 Å². The summed E-state index contributed by atoms with van der Waals surface area (Å²) in [5.74, 6) is 0.751. The van der Waals surface area contributed by atoms with Gasteiger partial charge in [-0.1, -0.05) is 11.2 Å². The van der Waals surface area contributed by atoms with E-state index in [2.05, 4.69) is 15.1 Å². The molecule has 6 nitrogen and oxygen atoms in total. The second kappa shape index (κ2) is 5.03. The predicted molar refractivity (Wildman–Crippen MR) is 60.0 cm³/mol. The summed E-state index contributed by atoms with van der Waals surface area (Å²) in [6.07, 6.45) is 1.47. The summed E-state index contributed by atoms with van der Waals surface area (Å²) < 4.78 is 4.99. The Morgan fingerprint density at radius 1 is 1.47 bits per heavy atom. The lowest BCUT2D eigenvalue weighted by molar-refractivity contribution is 0.146. The first-order valence-electron chi connectivity index (χ1n) is 5.33. The van der Waals surface area contributed by atoms with E-state index in [-0.39, 0.29) is 5.89 Å². The first-order valence-corrected chi connectivity index (χ1v) is 5.33. The number of rotatable bonds is 4. The molecule has 0 saturated heterocycles. The second-order valence-electron chi connectivity index (χ2n) is 3.81. The van der Waals surface area contributed by atoms with Gasteiger partial charge in [0.05, 0.1) is 12.5 Å². The van der Waals surface area contributed by atoms with Crippen LogP contribution in [0.1, 0.15) is 30.4 Å². The Kier molecular flexibility index (Phi) is 3.46. The standard InChI is InChI=1S/C11H14N4O2/c1-7(16)10(12)11-14-9(15-17-11)6-8-4-2-3-5-13-8/h2-5,7,10,16H,6,12H2,1H3/t7-,10+/m1/s1. The van der Waals surface area contributed by atoms with E-state index in [1.54, 1.807) is 13.1 Å². The summed E-state index contributed by atoms with van der Waals surface area (Å²) >= 11 is 0. The maximum atomic E-state index is 9.31. The average molecular weight is 234 g/mol. The molecule has 90 valence electrons. The lowest BCUT2D eigenvalue weighted by Crippen LogP contribution is -2.23. The molecule has 2 rings (SSSR count). The third kappa shape index (κ3) is 2.86. The van der Waals surface area contributed by atoms with Crippen LogP contribution in [-0.4, -0.2) is 26.3 Å². The average Bonchev–Trinajstić information content (AvgIpc) is 2.77. The summed E-state index contributed by atoms with van der Waals surface area (Å²) in [7, 11) is 0. The van der Waals surface area contributed by atoms with Gasteiger partial charge >= 0.3 is 0 Å². The van der Waals surface area contributed by atoms with Crippen molar-refractivity contribution in [2.24, 2.45) is 5.73 Å². The molecule has 0 aliphatic heterocycles. The minimum Gasteiger partial charge on any atom is -0.391 e. The zero-order valence-electron chi connectivity index (χ0n) is 9.45. The Hall–Kier alpha value is -1.79. The molecule has 0 aliphatic carbocycles. The molecule has 0 aliphatic rings. The van der Waals surface area contributed by atoms with Crippen molar-refractivity contribution in [2.75, 3.05) is 0 Å². The fourth-order valence-corrected chi connectivity index (χ4v) is 1.35. The van der Waals surface area contributed by atoms with Gasteiger partial charge in [-0.25, -0.2) is 0 Å². The van der Waals surface area contributed by atoms with E-state index in [1.807, 2.05) is 18.2 Å². The summed E-state index contributed by atoms with van der Waals surface area (Å²) in [5.41, 5.74) is 6.53. The molecule has 2 aromatic rings. The number of hydrogen-bond acceptors (Lipinski definition) is 6. The highest BCUT2D eigenvalue weighted by molar-refractivity contribution is 5.09. The summed E-state index contributed by atoms with van der Waals surface area (Å²) in [6.45, 7) is 1.58. The Morgan fingerprint density at radius 2 is 2.29 bits per heavy atom. The highest BCUT2D eigenvalue weighted by atomic mass is 16.5. The fourth-order valence-electron chi connectivity index (χ4n) is 1.35. The van der Waals surface area contributed by atoms with E-state index in [0.29, 0.717) is 12.2 Å². The van der Waals surface area contributed by atoms with Crippen LogP contribution in [0.3, 0.4) is 0 Å². The molecule has 0 bridgehead atoms. The van der Waals surface area contributed by atoms with Crippen molar-refractivity contribution in [1.29, 1.82) is 0 Å². The van der Waals surface area contributed by atoms with Crippen LogP contribution in [0.4, 0.5) is 0 Å². The van der Waals surface area contributed by atoms with Crippen molar-refractivity contribution in [3.8, 4) is 0 Å². The molecule has 6 heteroatoms. The number of nitrogens with two attached hydrogens (primary N) is 1. The molecule has 0 saturated carbocycles. The van der Waals surface area contributed by atoms with E-state index in [4.69, 9.17) is 10.3 Å². The van der Waals surface area contributed by atoms with Crippen molar-refractivity contribution < 1.29 is 9.63 Å². The molecule has 0 fully saturated rings. The van der Waals surface area contributed by atoms with Gasteiger partial charge in [-0.15, -0.1) is 0 Å². The van der Waals surface area contributed by atoms with Crippen LogP contribution in [-0.2, 0) is 6.42 Å². The van der Waals surface area contributed by atoms with Crippen LogP contribution in [0.5, 0.6) is 0 Å². The Bertz CT molecular complexity index is 469. The summed E-state index contributed by atoms with van der Waals surface area (Å²) in [4.78, 5) is 8.28. The minimum atomic E-state index is -0.724. The Balaban J connectivity index is 2.09. The number of hydrogen-bond donors (Lipinski definition) is 2. The lowest BCUT2D eigenvalue weighted by atomic mass is 10.2. The van der Waals surface area contributed by atoms with Gasteiger partial charge in [-0.3, -0.25) is 4.98 Å². The van der Waals surface area contributed by atoms with E-state index in [1.165, 1.54) is 0 Å². The molecule has 0 aromatic carbocycles. The Labute approximate surface area is 98.5 Å². The van der Waals surface area contributed by atoms with Crippen LogP contribution in [0.25, 0.3) is 0 Å². The van der Waals surface area contributed by atoms with Gasteiger partial charge in [-0.05, 0) is 19.1 Å². The number of aliphatic hydroxyl groups excluding tert-OH is 1. The maximum absolute atomic E-state index is 9.31. The lowest BCUT2D eigenvalue weighted by Gasteiger charge is -2.08. The van der Waals surface area contributed by atoms with Gasteiger partial charge in [0.1, 0.15) is 6.04 Å². The highest BCUT2D eigenvalue weighted by Gasteiger charge is 2.19. The molecule has 0 unspecified atom stereocenters. The highest BCUT2D eigenvalue weighted by Crippen LogP contribution is 2.12. The van der Waals surface area contributed by atoms with E-state index < -0.39 is 12.1 Å². The molecule has 2 heterocycles. The SMILES string of the molecule is C[C@@H](O)[C@H](N)c1nc(Cc2ccccn2)no1. The van der Waals surface area contributed by atoms with E-state index >= 15 is 0 Å². The molecule has 0 radical (unpaired) electrons. The third-order valence-electron chi connectivity index (χ3n) is 2.35. The summed E-state index contributed by atoms with van der Waals surface area (Å²) in [6, 6.07) is 4.96. The first kappa shape index (κ1) is 11.7. The molecule has 17 heavy (non-hydrogen) atoms. The van der Waals surface area contributed by atoms with Crippen LogP contribution in [0.2, 0.25) is 0 Å². The molecular weight excluding hydrogens is 220 g/mol. The first-order chi connectivity index (χ1) is 8.16. The molecule has 3 N–H and O–H groups in total. The quantitative estimate of drug-likeness (QED) is 0.796. The van der Waals surface area contributed by atoms with E-state index in [9.17, 15) is 5.11 Å². The summed E-state index contributed by atoms with van der Waals surface area (Å²) in [5, 5.41) is 13.1. The number of aliphatic hydroxyl groups is 1. The number of nitrogens with zero attached hydrogens (tertiary/aromatic N) is 3. The van der Waals surface area contributed by atoms with E-state index in [0.717, 1.165) is 5.69 Å². The van der Waals surface area contributed by atoms with Crippen molar-refractivity contribution in [2.45, 2.75) is 25.5 Å². The molecule has 2 aromatic heterocycles. The van der Waals surface area contributed by atoms with Crippen LogP contribution < -0.4 is 5.73 Å². The molecular formula is C11H14N4O2. The smallest absolute Gasteiger partial charge is 0.246 e. The van der Waals surface area contributed by atoms with Gasteiger partial charge in [-0.2, -0.15) is 4.98 Å². The maximum Gasteiger partial charge on any atom is 0.246 e. The molecule has 0 amide bonds. The fraction of sp³-hybridized carbons (Fsp3) is 0.364. The number of aromatic nitrogens is 3. The molecule has 0 spiro atoms. The van der Waals surface area contributed by atoms with Crippen molar-refractivity contribution in [1.82, 2.24) is 15.1 Å². The van der Waals surface area contributed by atoms with Crippen molar-refractivity contribution >= 4 is 0 Å². The molecule has 2 atom stereocenters. The zero-order valence-corrected chi connectivity index (χ0v) is 9.45. The van der Waals surface area contributed by atoms with Crippen LogP contribution in [0, 0.1) is 0 Å². The second-order valence-corrected chi connectivity index (χ2v) is 3.81. The van der Waals surface area contributed by atoms with Crippen molar-refractivity contribution in [3.05, 3.63) is 41.8 Å². The largest absolute Gasteiger partial charge is 0.391 e. The Morgan fingerprint density at radius 3 is 2.94 bits per heavy atom. The zero-order chi connectivity index (χ0) is 12.3. The van der Waals surface area contributed by atoms with Crippen LogP contribution in [0.15, 0.2) is 28.9 Å². The minimum absolute atomic E-state index is 0.242. The third-order valence-corrected chi connectivity index (χ3v) is 2.35. The predicted octanol–water partition coefficient (Wildman–Crippen LogP) is 0.436. The van der Waals surface area contributed by atoms with Crippen LogP contribution >= 0.6 is 0 Å².